The van der Waals surface area contributed by atoms with Crippen LogP contribution in [0.1, 0.15) is 45.1 Å². The molecule has 0 saturated carbocycles. The monoisotopic (exact) mass is 465 g/mol. The van der Waals surface area contributed by atoms with Crippen LogP contribution in [0.3, 0.4) is 0 Å². The van der Waals surface area contributed by atoms with E-state index < -0.39 is 23.6 Å². The van der Waals surface area contributed by atoms with Crippen molar-refractivity contribution < 1.29 is 24.0 Å². The van der Waals surface area contributed by atoms with Crippen LogP contribution >= 0.6 is 11.6 Å². The van der Waals surface area contributed by atoms with Crippen LogP contribution in [0.15, 0.2) is 24.3 Å². The fourth-order valence-electron chi connectivity index (χ4n) is 2.76. The highest BCUT2D eigenvalue weighted by atomic mass is 35.5. The summed E-state index contributed by atoms with van der Waals surface area (Å²) in [6.07, 6.45) is 0. The van der Waals surface area contributed by atoms with E-state index in [2.05, 4.69) is 21.2 Å². The first kappa shape index (κ1) is 25.2. The molecule has 0 aliphatic rings. The van der Waals surface area contributed by atoms with E-state index in [1.165, 1.54) is 19.9 Å². The minimum atomic E-state index is -1.36. The lowest BCUT2D eigenvalue weighted by Crippen LogP contribution is -2.44. The Morgan fingerprint density at radius 1 is 1.19 bits per heavy atom. The highest BCUT2D eigenvalue weighted by molar-refractivity contribution is 6.34. The lowest BCUT2D eigenvalue weighted by molar-refractivity contribution is -0.173. The minimum Gasteiger partial charge on any atom is -0.464 e. The molecule has 1 unspecified atom stereocenters. The molecule has 0 spiro atoms. The number of anilines is 2. The van der Waals surface area contributed by atoms with Gasteiger partial charge in [-0.1, -0.05) is 11.6 Å². The number of esters is 1. The molecule has 0 bridgehead atoms. The fraction of sp³-hybridized carbons (Fsp3) is 0.429. The van der Waals surface area contributed by atoms with Crippen LogP contribution in [0.2, 0.25) is 5.02 Å². The molecule has 3 N–H and O–H groups in total. The zero-order valence-corrected chi connectivity index (χ0v) is 19.7. The normalized spacial score (nSPS) is 12.1. The van der Waals surface area contributed by atoms with Crippen molar-refractivity contribution in [1.29, 1.82) is 0 Å². The number of urea groups is 1. The lowest BCUT2D eigenvalue weighted by Gasteiger charge is -2.22. The number of hydrogen-bond donors (Lipinski definition) is 3. The summed E-state index contributed by atoms with van der Waals surface area (Å²) in [7, 11) is 0. The maximum atomic E-state index is 12.6. The number of aromatic nitrogens is 2. The van der Waals surface area contributed by atoms with Crippen LogP contribution in [0.4, 0.5) is 16.2 Å². The number of carbonyl (C=O) groups excluding carboxylic acids is 3. The van der Waals surface area contributed by atoms with Gasteiger partial charge in [0.1, 0.15) is 6.04 Å². The molecule has 0 aliphatic heterocycles. The molecule has 0 fully saturated rings. The summed E-state index contributed by atoms with van der Waals surface area (Å²) in [5.41, 5.74) is 3.22. The van der Waals surface area contributed by atoms with E-state index in [1.807, 2.05) is 19.9 Å². The van der Waals surface area contributed by atoms with Gasteiger partial charge in [-0.3, -0.25) is 14.3 Å². The summed E-state index contributed by atoms with van der Waals surface area (Å²) in [6, 6.07) is 5.23. The van der Waals surface area contributed by atoms with E-state index in [-0.39, 0.29) is 17.5 Å². The van der Waals surface area contributed by atoms with Crippen molar-refractivity contribution in [2.45, 2.75) is 53.2 Å². The number of amides is 3. The van der Waals surface area contributed by atoms with Gasteiger partial charge in [0.05, 0.1) is 23.0 Å². The van der Waals surface area contributed by atoms with E-state index in [0.29, 0.717) is 11.4 Å². The number of aryl methyl sites for hydroxylation is 2. The summed E-state index contributed by atoms with van der Waals surface area (Å²) >= 11 is 6.27. The van der Waals surface area contributed by atoms with Crippen LogP contribution in [0.25, 0.3) is 0 Å². The minimum absolute atomic E-state index is 0.194. The van der Waals surface area contributed by atoms with Crippen molar-refractivity contribution in [3.05, 3.63) is 40.7 Å². The van der Waals surface area contributed by atoms with Crippen LogP contribution in [0, 0.1) is 13.8 Å². The predicted molar refractivity (Wildman–Crippen MR) is 120 cm³/mol. The first-order valence-electron chi connectivity index (χ1n) is 10.00. The van der Waals surface area contributed by atoms with E-state index >= 15 is 0 Å². The number of benzene rings is 1. The van der Waals surface area contributed by atoms with E-state index in [9.17, 15) is 14.4 Å². The Morgan fingerprint density at radius 3 is 2.44 bits per heavy atom. The number of rotatable bonds is 8. The molecule has 1 aromatic carbocycles. The van der Waals surface area contributed by atoms with Gasteiger partial charge in [-0.15, -0.1) is 0 Å². The molecule has 2 aromatic rings. The highest BCUT2D eigenvalue weighted by Crippen LogP contribution is 2.26. The number of nitrogens with zero attached hydrogens (tertiary/aromatic N) is 2. The molecule has 32 heavy (non-hydrogen) atoms. The van der Waals surface area contributed by atoms with Crippen molar-refractivity contribution in [3.63, 3.8) is 0 Å². The summed E-state index contributed by atoms with van der Waals surface area (Å²) in [6.45, 7) is 10.3. The number of carbonyl (C=O) groups is 3. The van der Waals surface area contributed by atoms with Crippen molar-refractivity contribution in [2.75, 3.05) is 17.2 Å². The SMILES string of the molecule is CCOC(=O)C(C)(C)ONC(=O)Nc1ccc(NC(=O)C(C)n2nc(C)cc2C)c(Cl)c1. The molecule has 0 aliphatic carbocycles. The maximum absolute atomic E-state index is 12.6. The third-order valence-electron chi connectivity index (χ3n) is 4.44. The lowest BCUT2D eigenvalue weighted by atomic mass is 10.1. The largest absolute Gasteiger partial charge is 0.464 e. The molecule has 0 radical (unpaired) electrons. The molecule has 11 heteroatoms. The second-order valence-corrected chi connectivity index (χ2v) is 8.03. The van der Waals surface area contributed by atoms with Crippen molar-refractivity contribution in [3.8, 4) is 0 Å². The molecule has 1 aromatic heterocycles. The Balaban J connectivity index is 1.96. The highest BCUT2D eigenvalue weighted by Gasteiger charge is 2.31. The zero-order chi connectivity index (χ0) is 24.1. The number of nitrogens with one attached hydrogen (secondary N) is 3. The Kier molecular flexibility index (Phi) is 8.23. The quantitative estimate of drug-likeness (QED) is 0.403. The second-order valence-electron chi connectivity index (χ2n) is 7.62. The van der Waals surface area contributed by atoms with Gasteiger partial charge in [-0.25, -0.2) is 15.1 Å². The summed E-state index contributed by atoms with van der Waals surface area (Å²) in [5, 5.41) is 9.84. The number of halogens is 1. The van der Waals surface area contributed by atoms with Gasteiger partial charge < -0.3 is 15.4 Å². The van der Waals surface area contributed by atoms with Gasteiger partial charge in [-0.05, 0) is 65.8 Å². The summed E-state index contributed by atoms with van der Waals surface area (Å²) in [4.78, 5) is 41.6. The Labute approximate surface area is 191 Å². The summed E-state index contributed by atoms with van der Waals surface area (Å²) < 4.78 is 6.51. The van der Waals surface area contributed by atoms with Crippen LogP contribution in [0.5, 0.6) is 0 Å². The zero-order valence-electron chi connectivity index (χ0n) is 18.9. The van der Waals surface area contributed by atoms with Crippen molar-refractivity contribution in [2.24, 2.45) is 0 Å². The number of ether oxygens (including phenoxy) is 1. The van der Waals surface area contributed by atoms with Gasteiger partial charge in [0.15, 0.2) is 5.60 Å². The summed E-state index contributed by atoms with van der Waals surface area (Å²) in [5.74, 6) is -0.899. The predicted octanol–water partition coefficient (Wildman–Crippen LogP) is 3.75. The molecule has 174 valence electrons. The molecule has 1 heterocycles. The third-order valence-corrected chi connectivity index (χ3v) is 4.75. The maximum Gasteiger partial charge on any atom is 0.343 e. The Hall–Kier alpha value is -3.11. The molecule has 10 nitrogen and oxygen atoms in total. The van der Waals surface area contributed by atoms with E-state index in [4.69, 9.17) is 21.2 Å². The third kappa shape index (κ3) is 6.44. The standard InChI is InChI=1S/C21H28ClN5O5/c1-7-31-19(29)21(5,6)32-26-20(30)23-15-8-9-17(16(22)11-15)24-18(28)14(4)27-13(3)10-12(2)25-27/h8-11,14H,7H2,1-6H3,(H,24,28)(H2,23,26,30). The van der Waals surface area contributed by atoms with Gasteiger partial charge in [0.2, 0.25) is 5.91 Å². The fourth-order valence-corrected chi connectivity index (χ4v) is 2.99. The molecular formula is C21H28ClN5O5. The smallest absolute Gasteiger partial charge is 0.343 e. The first-order chi connectivity index (χ1) is 14.9. The van der Waals surface area contributed by atoms with Gasteiger partial charge in [0.25, 0.3) is 0 Å². The molecule has 0 saturated heterocycles. The average Bonchev–Trinajstić information content (AvgIpc) is 3.06. The van der Waals surface area contributed by atoms with E-state index in [0.717, 1.165) is 11.4 Å². The van der Waals surface area contributed by atoms with Crippen molar-refractivity contribution in [1.82, 2.24) is 15.3 Å². The molecule has 3 amide bonds. The average molecular weight is 466 g/mol. The number of hydroxylamine groups is 1. The Bertz CT molecular complexity index is 1000. The van der Waals surface area contributed by atoms with Crippen LogP contribution in [-0.2, 0) is 19.2 Å². The Morgan fingerprint density at radius 2 is 1.88 bits per heavy atom. The number of hydrogen-bond acceptors (Lipinski definition) is 6. The van der Waals surface area contributed by atoms with Gasteiger partial charge >= 0.3 is 12.0 Å². The van der Waals surface area contributed by atoms with Gasteiger partial charge in [-0.2, -0.15) is 5.10 Å². The topological polar surface area (TPSA) is 124 Å². The molecular weight excluding hydrogens is 438 g/mol. The first-order valence-corrected chi connectivity index (χ1v) is 10.4. The second kappa shape index (κ2) is 10.5. The van der Waals surface area contributed by atoms with E-state index in [1.54, 1.807) is 30.7 Å². The molecule has 2 rings (SSSR count). The molecule has 1 atom stereocenters. The van der Waals surface area contributed by atoms with Gasteiger partial charge in [0, 0.05) is 11.4 Å². The van der Waals surface area contributed by atoms with Crippen LogP contribution in [-0.4, -0.2) is 39.9 Å². The van der Waals surface area contributed by atoms with Crippen LogP contribution < -0.4 is 16.1 Å². The van der Waals surface area contributed by atoms with Crippen molar-refractivity contribution >= 4 is 40.9 Å².